The van der Waals surface area contributed by atoms with Gasteiger partial charge in [-0.3, -0.25) is 24.6 Å². The third-order valence-electron chi connectivity index (χ3n) is 5.34. The van der Waals surface area contributed by atoms with Crippen molar-refractivity contribution in [1.82, 2.24) is 30.0 Å². The highest BCUT2D eigenvalue weighted by Crippen LogP contribution is 2.17. The number of aromatic amines is 1. The number of nitrogens with one attached hydrogen (secondary N) is 2. The standard InChI is InChI=1S/C24H19N7O3/c25-18-5-6-20-19(12-18)22(32)29-24(34)30(20)14-15-3-1-4-16(11-15)23(33)31-10-7-17(13-28-31)21-26-8-2-9-27-21/h1-13,28H,14,25H2,(H,29,32,34). The highest BCUT2D eigenvalue weighted by molar-refractivity contribution is 5.95. The molecule has 0 fully saturated rings. The zero-order chi connectivity index (χ0) is 23.7. The van der Waals surface area contributed by atoms with Gasteiger partial charge in [-0.25, -0.2) is 19.8 Å². The van der Waals surface area contributed by atoms with Gasteiger partial charge in [-0.15, -0.1) is 0 Å². The summed E-state index contributed by atoms with van der Waals surface area (Å²) in [5.41, 5.74) is 10.4. The molecule has 0 saturated carbocycles. The Bertz CT molecular complexity index is 1590. The molecule has 4 aromatic rings. The first-order valence-corrected chi connectivity index (χ1v) is 10.4. The molecule has 34 heavy (non-hydrogen) atoms. The Kier molecular flexibility index (Phi) is 5.23. The van der Waals surface area contributed by atoms with E-state index in [0.717, 1.165) is 5.57 Å². The number of nitrogens with two attached hydrogens (primary N) is 1. The Hall–Kier alpha value is -4.99. The van der Waals surface area contributed by atoms with Crippen molar-refractivity contribution in [3.8, 4) is 0 Å². The van der Waals surface area contributed by atoms with Gasteiger partial charge in [0, 0.05) is 41.6 Å². The zero-order valence-corrected chi connectivity index (χ0v) is 17.8. The third kappa shape index (κ3) is 3.95. The van der Waals surface area contributed by atoms with Crippen LogP contribution in [0.3, 0.4) is 0 Å². The van der Waals surface area contributed by atoms with Crippen molar-refractivity contribution >= 4 is 28.1 Å². The maximum atomic E-state index is 13.0. The van der Waals surface area contributed by atoms with Gasteiger partial charge in [0.1, 0.15) is 0 Å². The molecule has 0 aliphatic carbocycles. The van der Waals surface area contributed by atoms with Crippen LogP contribution in [0.2, 0.25) is 0 Å². The Morgan fingerprint density at radius 2 is 1.85 bits per heavy atom. The van der Waals surface area contributed by atoms with E-state index < -0.39 is 11.2 Å². The molecule has 0 spiro atoms. The fraction of sp³-hybridized carbons (Fsp3) is 0.0417. The van der Waals surface area contributed by atoms with Crippen molar-refractivity contribution in [2.45, 2.75) is 6.54 Å². The predicted molar refractivity (Wildman–Crippen MR) is 127 cm³/mol. The van der Waals surface area contributed by atoms with Crippen LogP contribution in [0, 0.1) is 0 Å². The molecule has 0 atom stereocenters. The van der Waals surface area contributed by atoms with Gasteiger partial charge in [-0.2, -0.15) is 0 Å². The molecule has 0 saturated heterocycles. The Morgan fingerprint density at radius 1 is 1.03 bits per heavy atom. The highest BCUT2D eigenvalue weighted by atomic mass is 16.2. The number of hydrogen-bond acceptors (Lipinski definition) is 7. The number of carbonyl (C=O) groups excluding carboxylic acids is 1. The van der Waals surface area contributed by atoms with Gasteiger partial charge in [0.2, 0.25) is 0 Å². The number of hydrazine groups is 1. The lowest BCUT2D eigenvalue weighted by molar-refractivity contribution is 0.0780. The topological polar surface area (TPSA) is 139 Å². The number of fused-ring (bicyclic) bond motifs is 1. The van der Waals surface area contributed by atoms with Crippen molar-refractivity contribution < 1.29 is 4.79 Å². The van der Waals surface area contributed by atoms with Crippen LogP contribution in [0.5, 0.6) is 0 Å². The Labute approximate surface area is 192 Å². The summed E-state index contributed by atoms with van der Waals surface area (Å²) in [5.74, 6) is 0.259. The molecule has 4 N–H and O–H groups in total. The molecule has 0 bridgehead atoms. The SMILES string of the molecule is Nc1ccc2c(c1)c(=O)[nH]c(=O)n2Cc1cccc(C(=O)N2C=CC(c3ncccn3)=CN2)c1. The van der Waals surface area contributed by atoms with Crippen molar-refractivity contribution in [2.24, 2.45) is 0 Å². The average Bonchev–Trinajstić information content (AvgIpc) is 2.87. The lowest BCUT2D eigenvalue weighted by Gasteiger charge is -2.22. The van der Waals surface area contributed by atoms with Crippen LogP contribution in [0.15, 0.2) is 89.0 Å². The smallest absolute Gasteiger partial charge is 0.329 e. The van der Waals surface area contributed by atoms with Crippen molar-refractivity contribution in [3.05, 3.63) is 117 Å². The molecule has 168 valence electrons. The van der Waals surface area contributed by atoms with E-state index in [2.05, 4.69) is 20.4 Å². The van der Waals surface area contributed by atoms with Crippen LogP contribution < -0.4 is 22.4 Å². The highest BCUT2D eigenvalue weighted by Gasteiger charge is 2.17. The summed E-state index contributed by atoms with van der Waals surface area (Å²) in [7, 11) is 0. The van der Waals surface area contributed by atoms with Gasteiger partial charge < -0.3 is 5.73 Å². The van der Waals surface area contributed by atoms with E-state index in [4.69, 9.17) is 5.73 Å². The molecule has 1 aliphatic heterocycles. The minimum absolute atomic E-state index is 0.163. The largest absolute Gasteiger partial charge is 0.399 e. The summed E-state index contributed by atoms with van der Waals surface area (Å²) in [6, 6.07) is 13.5. The number of allylic oxidation sites excluding steroid dienone is 2. The molecule has 10 heteroatoms. The van der Waals surface area contributed by atoms with Gasteiger partial charge >= 0.3 is 5.69 Å². The third-order valence-corrected chi connectivity index (χ3v) is 5.34. The number of hydrogen-bond donors (Lipinski definition) is 3. The van der Waals surface area contributed by atoms with Crippen LogP contribution in [-0.2, 0) is 6.54 Å². The maximum absolute atomic E-state index is 13.0. The molecule has 0 unspecified atom stereocenters. The fourth-order valence-corrected chi connectivity index (χ4v) is 3.69. The number of carbonyl (C=O) groups is 1. The van der Waals surface area contributed by atoms with Crippen LogP contribution in [0.25, 0.3) is 16.5 Å². The first kappa shape index (κ1) is 20.9. The lowest BCUT2D eigenvalue weighted by atomic mass is 10.1. The Morgan fingerprint density at radius 3 is 2.62 bits per heavy atom. The molecule has 0 radical (unpaired) electrons. The van der Waals surface area contributed by atoms with Crippen LogP contribution >= 0.6 is 0 Å². The number of amides is 1. The number of rotatable bonds is 4. The van der Waals surface area contributed by atoms with Gasteiger partial charge in [-0.05, 0) is 48.0 Å². The van der Waals surface area contributed by atoms with Crippen LogP contribution in [0.4, 0.5) is 5.69 Å². The van der Waals surface area contributed by atoms with Gasteiger partial charge in [0.05, 0.1) is 17.4 Å². The minimum atomic E-state index is -0.541. The number of aromatic nitrogens is 4. The summed E-state index contributed by atoms with van der Waals surface area (Å²) >= 11 is 0. The fourth-order valence-electron chi connectivity index (χ4n) is 3.69. The average molecular weight is 453 g/mol. The van der Waals surface area contributed by atoms with Crippen LogP contribution in [-0.4, -0.2) is 30.4 Å². The number of nitrogens with zero attached hydrogens (tertiary/aromatic N) is 4. The second kappa shape index (κ2) is 8.51. The number of anilines is 1. The zero-order valence-electron chi connectivity index (χ0n) is 17.8. The monoisotopic (exact) mass is 453 g/mol. The summed E-state index contributed by atoms with van der Waals surface area (Å²) in [6.07, 6.45) is 8.28. The van der Waals surface area contributed by atoms with Crippen molar-refractivity contribution in [2.75, 3.05) is 5.73 Å². The summed E-state index contributed by atoms with van der Waals surface area (Å²) < 4.78 is 1.44. The second-order valence-corrected chi connectivity index (χ2v) is 7.61. The predicted octanol–water partition coefficient (Wildman–Crippen LogP) is 1.63. The molecule has 3 heterocycles. The van der Waals surface area contributed by atoms with E-state index in [9.17, 15) is 14.4 Å². The first-order valence-electron chi connectivity index (χ1n) is 10.4. The molecule has 1 aliphatic rings. The van der Waals surface area contributed by atoms with Gasteiger partial charge in [-0.1, -0.05) is 12.1 Å². The summed E-state index contributed by atoms with van der Waals surface area (Å²) in [4.78, 5) is 48.4. The molecular formula is C24H19N7O3. The van der Waals surface area contributed by atoms with E-state index in [0.29, 0.717) is 33.5 Å². The molecule has 2 aromatic heterocycles. The number of benzene rings is 2. The number of H-pyrrole nitrogens is 1. The van der Waals surface area contributed by atoms with Gasteiger partial charge in [0.25, 0.3) is 11.5 Å². The Balaban J connectivity index is 1.40. The van der Waals surface area contributed by atoms with E-state index in [1.807, 2.05) is 6.07 Å². The lowest BCUT2D eigenvalue weighted by Crippen LogP contribution is -2.37. The number of nitrogen functional groups attached to an aromatic ring is 1. The van der Waals surface area contributed by atoms with E-state index in [1.54, 1.807) is 67.3 Å². The van der Waals surface area contributed by atoms with Crippen molar-refractivity contribution in [1.29, 1.82) is 0 Å². The molecule has 2 aromatic carbocycles. The van der Waals surface area contributed by atoms with E-state index in [1.165, 1.54) is 15.6 Å². The molecule has 1 amide bonds. The first-order chi connectivity index (χ1) is 16.5. The normalized spacial score (nSPS) is 12.9. The molecular weight excluding hydrogens is 434 g/mol. The van der Waals surface area contributed by atoms with E-state index >= 15 is 0 Å². The van der Waals surface area contributed by atoms with E-state index in [-0.39, 0.29) is 12.5 Å². The second-order valence-electron chi connectivity index (χ2n) is 7.61. The van der Waals surface area contributed by atoms with Gasteiger partial charge in [0.15, 0.2) is 5.82 Å². The minimum Gasteiger partial charge on any atom is -0.399 e. The molecule has 5 rings (SSSR count). The van der Waals surface area contributed by atoms with Crippen molar-refractivity contribution in [3.63, 3.8) is 0 Å². The molecule has 10 nitrogen and oxygen atoms in total. The quantitative estimate of drug-likeness (QED) is 0.399. The summed E-state index contributed by atoms with van der Waals surface area (Å²) in [6.45, 7) is 0.163. The summed E-state index contributed by atoms with van der Waals surface area (Å²) in [5, 5.41) is 1.66. The maximum Gasteiger partial charge on any atom is 0.329 e. The van der Waals surface area contributed by atoms with Crippen LogP contribution in [0.1, 0.15) is 21.7 Å².